The molecule has 0 amide bonds. The highest BCUT2D eigenvalue weighted by atomic mass is 35.5. The molecule has 0 saturated heterocycles. The van der Waals surface area contributed by atoms with Crippen LogP contribution in [0.25, 0.3) is 0 Å². The zero-order valence-corrected chi connectivity index (χ0v) is 13.7. The van der Waals surface area contributed by atoms with Crippen molar-refractivity contribution in [3.63, 3.8) is 0 Å². The van der Waals surface area contributed by atoms with Crippen LogP contribution in [0.3, 0.4) is 0 Å². The second kappa shape index (κ2) is 8.50. The Labute approximate surface area is 127 Å². The number of rotatable bonds is 9. The molecule has 1 rings (SSSR count). The summed E-state index contributed by atoms with van der Waals surface area (Å²) >= 11 is 6.24. The van der Waals surface area contributed by atoms with Gasteiger partial charge in [0.15, 0.2) is 0 Å². The number of ether oxygens (including phenoxy) is 2. The molecular weight excluding hydrogens is 274 g/mol. The molecule has 0 bridgehead atoms. The van der Waals surface area contributed by atoms with E-state index < -0.39 is 0 Å². The molecule has 1 aromatic rings. The summed E-state index contributed by atoms with van der Waals surface area (Å²) in [5.74, 6) is 0.734. The van der Waals surface area contributed by atoms with Gasteiger partial charge in [-0.15, -0.1) is 0 Å². The monoisotopic (exact) mass is 299 g/mol. The maximum atomic E-state index is 6.24. The maximum Gasteiger partial charge on any atom is 0.137 e. The molecule has 1 N–H and O–H groups in total. The van der Waals surface area contributed by atoms with Crippen LogP contribution in [0.2, 0.25) is 5.02 Å². The lowest BCUT2D eigenvalue weighted by atomic mass is 10.1. The minimum atomic E-state index is -0.170. The second-order valence-electron chi connectivity index (χ2n) is 5.50. The summed E-state index contributed by atoms with van der Waals surface area (Å²) in [6.07, 6.45) is 1.95. The van der Waals surface area contributed by atoms with Gasteiger partial charge in [-0.2, -0.15) is 0 Å². The molecule has 0 spiro atoms. The highest BCUT2D eigenvalue weighted by molar-refractivity contribution is 6.32. The normalized spacial score (nSPS) is 11.7. The molecule has 4 heteroatoms. The van der Waals surface area contributed by atoms with Crippen LogP contribution in [-0.4, -0.2) is 25.9 Å². The highest BCUT2D eigenvalue weighted by Gasteiger charge is 2.16. The number of halogens is 1. The van der Waals surface area contributed by atoms with Crippen LogP contribution < -0.4 is 10.1 Å². The minimum Gasteiger partial charge on any atom is -0.492 e. The SMILES string of the molecule is CCCNCc1ccc(OCCC(C)(C)OC)c(Cl)c1. The molecule has 3 nitrogen and oxygen atoms in total. The average Bonchev–Trinajstić information content (AvgIpc) is 2.41. The molecule has 0 aliphatic carbocycles. The summed E-state index contributed by atoms with van der Waals surface area (Å²) in [4.78, 5) is 0. The van der Waals surface area contributed by atoms with Crippen LogP contribution in [0.5, 0.6) is 5.75 Å². The molecule has 20 heavy (non-hydrogen) atoms. The van der Waals surface area contributed by atoms with Crippen molar-refractivity contribution in [2.45, 2.75) is 45.8 Å². The molecule has 0 fully saturated rings. The summed E-state index contributed by atoms with van der Waals surface area (Å²) in [6.45, 7) is 8.68. The van der Waals surface area contributed by atoms with E-state index in [1.165, 1.54) is 5.56 Å². The quantitative estimate of drug-likeness (QED) is 0.698. The summed E-state index contributed by atoms with van der Waals surface area (Å²) in [7, 11) is 1.71. The fraction of sp³-hybridized carbons (Fsp3) is 0.625. The number of hydrogen-bond donors (Lipinski definition) is 1. The van der Waals surface area contributed by atoms with Crippen LogP contribution in [0, 0.1) is 0 Å². The van der Waals surface area contributed by atoms with Crippen molar-refractivity contribution in [2.24, 2.45) is 0 Å². The van der Waals surface area contributed by atoms with E-state index >= 15 is 0 Å². The van der Waals surface area contributed by atoms with Gasteiger partial charge in [0.05, 0.1) is 17.2 Å². The lowest BCUT2D eigenvalue weighted by Gasteiger charge is -2.22. The van der Waals surface area contributed by atoms with Gasteiger partial charge in [0, 0.05) is 20.1 Å². The molecule has 0 aliphatic rings. The minimum absolute atomic E-state index is 0.170. The van der Waals surface area contributed by atoms with E-state index in [0.29, 0.717) is 11.6 Å². The predicted molar refractivity (Wildman–Crippen MR) is 84.6 cm³/mol. The van der Waals surface area contributed by atoms with Gasteiger partial charge in [0.1, 0.15) is 5.75 Å². The fourth-order valence-electron chi connectivity index (χ4n) is 1.69. The third-order valence-electron chi connectivity index (χ3n) is 3.27. The van der Waals surface area contributed by atoms with Gasteiger partial charge in [-0.1, -0.05) is 24.6 Å². The molecule has 114 valence electrons. The first-order valence-corrected chi connectivity index (χ1v) is 7.53. The van der Waals surface area contributed by atoms with Crippen LogP contribution in [0.15, 0.2) is 18.2 Å². The molecule has 0 aromatic heterocycles. The Balaban J connectivity index is 2.47. The zero-order chi connectivity index (χ0) is 15.0. The summed E-state index contributed by atoms with van der Waals surface area (Å²) in [5.41, 5.74) is 1.00. The molecule has 0 saturated carbocycles. The lowest BCUT2D eigenvalue weighted by Crippen LogP contribution is -2.25. The fourth-order valence-corrected chi connectivity index (χ4v) is 1.95. The first-order valence-electron chi connectivity index (χ1n) is 7.15. The third-order valence-corrected chi connectivity index (χ3v) is 3.56. The number of methoxy groups -OCH3 is 1. The van der Waals surface area contributed by atoms with E-state index in [-0.39, 0.29) is 5.60 Å². The highest BCUT2D eigenvalue weighted by Crippen LogP contribution is 2.26. The lowest BCUT2D eigenvalue weighted by molar-refractivity contribution is 0.00546. The Hall–Kier alpha value is -0.770. The first kappa shape index (κ1) is 17.3. The number of nitrogens with one attached hydrogen (secondary N) is 1. The smallest absolute Gasteiger partial charge is 0.137 e. The van der Waals surface area contributed by atoms with Crippen LogP contribution in [0.4, 0.5) is 0 Å². The van der Waals surface area contributed by atoms with E-state index in [1.807, 2.05) is 32.0 Å². The van der Waals surface area contributed by atoms with Crippen molar-refractivity contribution >= 4 is 11.6 Å². The van der Waals surface area contributed by atoms with Crippen molar-refractivity contribution in [1.82, 2.24) is 5.32 Å². The topological polar surface area (TPSA) is 30.5 Å². The van der Waals surface area contributed by atoms with Crippen molar-refractivity contribution in [2.75, 3.05) is 20.3 Å². The summed E-state index contributed by atoms with van der Waals surface area (Å²) in [6, 6.07) is 5.94. The molecule has 0 unspecified atom stereocenters. The predicted octanol–water partition coefficient (Wildman–Crippen LogP) is 4.03. The van der Waals surface area contributed by atoms with Gasteiger partial charge in [-0.3, -0.25) is 0 Å². The van der Waals surface area contributed by atoms with Crippen LogP contribution in [-0.2, 0) is 11.3 Å². The van der Waals surface area contributed by atoms with Crippen molar-refractivity contribution < 1.29 is 9.47 Å². The maximum absolute atomic E-state index is 6.24. The Kier molecular flexibility index (Phi) is 7.35. The van der Waals surface area contributed by atoms with Gasteiger partial charge >= 0.3 is 0 Å². The van der Waals surface area contributed by atoms with Crippen molar-refractivity contribution in [3.8, 4) is 5.75 Å². The van der Waals surface area contributed by atoms with Gasteiger partial charge < -0.3 is 14.8 Å². The third kappa shape index (κ3) is 6.12. The van der Waals surface area contributed by atoms with Gasteiger partial charge in [0.25, 0.3) is 0 Å². The molecule has 1 aromatic carbocycles. The zero-order valence-electron chi connectivity index (χ0n) is 13.0. The molecule has 0 radical (unpaired) electrons. The van der Waals surface area contributed by atoms with E-state index in [1.54, 1.807) is 7.11 Å². The van der Waals surface area contributed by atoms with Crippen LogP contribution in [0.1, 0.15) is 39.2 Å². The number of hydrogen-bond acceptors (Lipinski definition) is 3. The number of benzene rings is 1. The molecular formula is C16H26ClNO2. The second-order valence-corrected chi connectivity index (χ2v) is 5.91. The van der Waals surface area contributed by atoms with Crippen molar-refractivity contribution in [1.29, 1.82) is 0 Å². The Bertz CT molecular complexity index is 407. The molecule has 0 atom stereocenters. The van der Waals surface area contributed by atoms with E-state index in [0.717, 1.165) is 31.7 Å². The molecule has 0 heterocycles. The Morgan fingerprint density at radius 2 is 2.05 bits per heavy atom. The Morgan fingerprint density at radius 3 is 2.65 bits per heavy atom. The summed E-state index contributed by atoms with van der Waals surface area (Å²) < 4.78 is 11.1. The van der Waals surface area contributed by atoms with Gasteiger partial charge in [-0.25, -0.2) is 0 Å². The van der Waals surface area contributed by atoms with Gasteiger partial charge in [-0.05, 0) is 44.5 Å². The van der Waals surface area contributed by atoms with Gasteiger partial charge in [0.2, 0.25) is 0 Å². The van der Waals surface area contributed by atoms with E-state index in [9.17, 15) is 0 Å². The summed E-state index contributed by atoms with van der Waals surface area (Å²) in [5, 5.41) is 4.02. The van der Waals surface area contributed by atoms with Crippen molar-refractivity contribution in [3.05, 3.63) is 28.8 Å². The molecule has 0 aliphatic heterocycles. The van der Waals surface area contributed by atoms with E-state index in [4.69, 9.17) is 21.1 Å². The first-order chi connectivity index (χ1) is 9.48. The van der Waals surface area contributed by atoms with E-state index in [2.05, 4.69) is 12.2 Å². The largest absolute Gasteiger partial charge is 0.492 e. The average molecular weight is 300 g/mol. The Morgan fingerprint density at radius 1 is 1.30 bits per heavy atom. The standard InChI is InChI=1S/C16H26ClNO2/c1-5-9-18-12-13-6-7-15(14(17)11-13)20-10-8-16(2,3)19-4/h6-7,11,18H,5,8-10,12H2,1-4H3. The van der Waals surface area contributed by atoms with Crippen LogP contribution >= 0.6 is 11.6 Å².